The molecule has 4 rings (SSSR count). The van der Waals surface area contributed by atoms with Crippen LogP contribution in [-0.2, 0) is 6.61 Å². The van der Waals surface area contributed by atoms with E-state index in [0.717, 1.165) is 18.2 Å². The van der Waals surface area contributed by atoms with Crippen LogP contribution in [0.2, 0.25) is 0 Å². The number of halogens is 2. The van der Waals surface area contributed by atoms with Gasteiger partial charge in [0.2, 0.25) is 0 Å². The molecule has 29 heavy (non-hydrogen) atoms. The quantitative estimate of drug-likeness (QED) is 0.524. The Morgan fingerprint density at radius 2 is 1.76 bits per heavy atom. The van der Waals surface area contributed by atoms with Crippen LogP contribution in [0.15, 0.2) is 59.5 Å². The molecule has 0 spiro atoms. The minimum absolute atomic E-state index is 0.0451. The summed E-state index contributed by atoms with van der Waals surface area (Å²) in [4.78, 5) is 12.0. The number of aromatic nitrogens is 4. The van der Waals surface area contributed by atoms with Crippen LogP contribution in [0.1, 0.15) is 5.56 Å². The molecule has 8 nitrogen and oxygen atoms in total. The molecular formula is C19H13F2N5O3. The van der Waals surface area contributed by atoms with Crippen molar-refractivity contribution in [2.75, 3.05) is 5.73 Å². The molecule has 0 amide bonds. The van der Waals surface area contributed by atoms with E-state index >= 15 is 0 Å². The lowest BCUT2D eigenvalue weighted by Gasteiger charge is -2.05. The third-order valence-electron chi connectivity index (χ3n) is 3.71. The van der Waals surface area contributed by atoms with Crippen molar-refractivity contribution in [3.05, 3.63) is 72.2 Å². The first-order chi connectivity index (χ1) is 14.1. The van der Waals surface area contributed by atoms with Crippen molar-refractivity contribution < 1.29 is 22.8 Å². The molecule has 0 atom stereocenters. The zero-order chi connectivity index (χ0) is 20.2. The topological polar surface area (TPSA) is 109 Å². The average molecular weight is 397 g/mol. The maximum Gasteiger partial charge on any atom is 0.321 e. The van der Waals surface area contributed by atoms with Crippen LogP contribution in [0, 0.1) is 11.6 Å². The first-order valence-electron chi connectivity index (χ1n) is 8.32. The normalized spacial score (nSPS) is 10.7. The Labute approximate surface area is 162 Å². The number of benzene rings is 1. The molecule has 0 fully saturated rings. The second-order valence-corrected chi connectivity index (χ2v) is 5.84. The summed E-state index contributed by atoms with van der Waals surface area (Å²) in [5, 5.41) is 3.82. The third-order valence-corrected chi connectivity index (χ3v) is 3.71. The second kappa shape index (κ2) is 7.89. The van der Waals surface area contributed by atoms with Crippen molar-refractivity contribution in [1.29, 1.82) is 0 Å². The summed E-state index contributed by atoms with van der Waals surface area (Å²) in [6.07, 6.45) is 4.49. The minimum atomic E-state index is -0.759. The zero-order valence-corrected chi connectivity index (χ0v) is 14.8. The van der Waals surface area contributed by atoms with E-state index in [0.29, 0.717) is 22.7 Å². The van der Waals surface area contributed by atoms with E-state index in [-0.39, 0.29) is 24.2 Å². The van der Waals surface area contributed by atoms with Crippen molar-refractivity contribution >= 4 is 5.82 Å². The molecular weight excluding hydrogens is 384 g/mol. The standard InChI is InChI=1S/C19H13F2N5O3/c20-12-4-13(21)6-14(5-12)28-19-24-8-11(9-25-19)10-27-17-7-16(29-26-17)15-2-1-3-23-18(15)22/h1-9H,10H2,(H2,22,23). The van der Waals surface area contributed by atoms with Crippen LogP contribution in [0.5, 0.6) is 17.6 Å². The van der Waals surface area contributed by atoms with Gasteiger partial charge < -0.3 is 19.7 Å². The SMILES string of the molecule is Nc1ncccc1-c1cc(OCc2cnc(Oc3cc(F)cc(F)c3)nc2)no1. The van der Waals surface area contributed by atoms with Gasteiger partial charge in [-0.3, -0.25) is 0 Å². The van der Waals surface area contributed by atoms with Crippen molar-refractivity contribution in [1.82, 2.24) is 20.1 Å². The van der Waals surface area contributed by atoms with Crippen molar-refractivity contribution in [3.63, 3.8) is 0 Å². The lowest BCUT2D eigenvalue weighted by atomic mass is 10.2. The molecule has 0 unspecified atom stereocenters. The van der Waals surface area contributed by atoms with E-state index in [9.17, 15) is 8.78 Å². The van der Waals surface area contributed by atoms with Gasteiger partial charge >= 0.3 is 6.01 Å². The highest BCUT2D eigenvalue weighted by molar-refractivity contribution is 5.69. The number of hydrogen-bond acceptors (Lipinski definition) is 8. The molecule has 3 heterocycles. The first kappa shape index (κ1) is 18.3. The summed E-state index contributed by atoms with van der Waals surface area (Å²) in [5.74, 6) is -0.574. The van der Waals surface area contributed by atoms with Gasteiger partial charge in [-0.1, -0.05) is 0 Å². The van der Waals surface area contributed by atoms with E-state index in [4.69, 9.17) is 19.7 Å². The third kappa shape index (κ3) is 4.43. The van der Waals surface area contributed by atoms with Gasteiger partial charge in [-0.25, -0.2) is 23.7 Å². The molecule has 0 aliphatic rings. The molecule has 146 valence electrons. The van der Waals surface area contributed by atoms with Gasteiger partial charge in [0.15, 0.2) is 5.76 Å². The first-order valence-corrected chi connectivity index (χ1v) is 8.32. The van der Waals surface area contributed by atoms with E-state index in [1.54, 1.807) is 24.4 Å². The molecule has 0 radical (unpaired) electrons. The number of rotatable bonds is 6. The van der Waals surface area contributed by atoms with Crippen LogP contribution >= 0.6 is 0 Å². The molecule has 0 bridgehead atoms. The summed E-state index contributed by atoms with van der Waals surface area (Å²) in [5.41, 5.74) is 7.03. The molecule has 3 aromatic heterocycles. The summed E-state index contributed by atoms with van der Waals surface area (Å²) in [6.45, 7) is 0.114. The molecule has 1 aromatic carbocycles. The summed E-state index contributed by atoms with van der Waals surface area (Å²) >= 11 is 0. The van der Waals surface area contributed by atoms with Gasteiger partial charge in [0.05, 0.1) is 5.56 Å². The highest BCUT2D eigenvalue weighted by Gasteiger charge is 2.11. The number of nitrogens with zero attached hydrogens (tertiary/aromatic N) is 4. The Hall–Kier alpha value is -4.08. The average Bonchev–Trinajstić information content (AvgIpc) is 3.16. The van der Waals surface area contributed by atoms with E-state index in [1.165, 1.54) is 12.4 Å². The number of nitrogen functional groups attached to an aromatic ring is 1. The fourth-order valence-corrected chi connectivity index (χ4v) is 2.40. The van der Waals surface area contributed by atoms with Crippen molar-refractivity contribution in [2.45, 2.75) is 6.61 Å². The van der Waals surface area contributed by atoms with E-state index in [1.807, 2.05) is 0 Å². The Kier molecular flexibility index (Phi) is 4.97. The predicted molar refractivity (Wildman–Crippen MR) is 96.9 cm³/mol. The van der Waals surface area contributed by atoms with Gasteiger partial charge in [-0.2, -0.15) is 0 Å². The van der Waals surface area contributed by atoms with Crippen LogP contribution < -0.4 is 15.2 Å². The Bertz CT molecular complexity index is 1110. The monoisotopic (exact) mass is 397 g/mol. The van der Waals surface area contributed by atoms with Gasteiger partial charge in [0.1, 0.15) is 29.8 Å². The number of anilines is 1. The Morgan fingerprint density at radius 3 is 2.48 bits per heavy atom. The maximum absolute atomic E-state index is 13.2. The van der Waals surface area contributed by atoms with Crippen molar-refractivity contribution in [2.24, 2.45) is 0 Å². The van der Waals surface area contributed by atoms with Crippen LogP contribution in [0.25, 0.3) is 11.3 Å². The minimum Gasteiger partial charge on any atom is -0.471 e. The molecule has 4 aromatic rings. The number of hydrogen-bond donors (Lipinski definition) is 1. The zero-order valence-electron chi connectivity index (χ0n) is 14.8. The fourth-order valence-electron chi connectivity index (χ4n) is 2.40. The second-order valence-electron chi connectivity index (χ2n) is 5.84. The number of ether oxygens (including phenoxy) is 2. The molecule has 0 aliphatic carbocycles. The molecule has 10 heteroatoms. The summed E-state index contributed by atoms with van der Waals surface area (Å²) in [6, 6.07) is 7.81. The smallest absolute Gasteiger partial charge is 0.321 e. The lowest BCUT2D eigenvalue weighted by Crippen LogP contribution is -1.99. The molecule has 0 aliphatic heterocycles. The van der Waals surface area contributed by atoms with Gasteiger partial charge in [0.25, 0.3) is 5.88 Å². The molecule has 0 saturated heterocycles. The summed E-state index contributed by atoms with van der Waals surface area (Å²) < 4.78 is 42.4. The van der Waals surface area contributed by atoms with Gasteiger partial charge in [-0.15, -0.1) is 0 Å². The van der Waals surface area contributed by atoms with Crippen LogP contribution in [0.4, 0.5) is 14.6 Å². The van der Waals surface area contributed by atoms with Crippen molar-refractivity contribution in [3.8, 4) is 29.0 Å². The molecule has 2 N–H and O–H groups in total. The fraction of sp³-hybridized carbons (Fsp3) is 0.0526. The summed E-state index contributed by atoms with van der Waals surface area (Å²) in [7, 11) is 0. The maximum atomic E-state index is 13.2. The van der Waals surface area contributed by atoms with Gasteiger partial charge in [-0.05, 0) is 17.3 Å². The predicted octanol–water partition coefficient (Wildman–Crippen LogP) is 3.76. The number of pyridine rings is 1. The lowest BCUT2D eigenvalue weighted by molar-refractivity contribution is 0.269. The highest BCUT2D eigenvalue weighted by atomic mass is 19.1. The van der Waals surface area contributed by atoms with Crippen LogP contribution in [-0.4, -0.2) is 20.1 Å². The Balaban J connectivity index is 1.38. The largest absolute Gasteiger partial charge is 0.471 e. The Morgan fingerprint density at radius 1 is 1.00 bits per heavy atom. The molecule has 0 saturated carbocycles. The van der Waals surface area contributed by atoms with E-state index in [2.05, 4.69) is 20.1 Å². The van der Waals surface area contributed by atoms with Crippen LogP contribution in [0.3, 0.4) is 0 Å². The number of nitrogens with two attached hydrogens (primary N) is 1. The van der Waals surface area contributed by atoms with E-state index < -0.39 is 11.6 Å². The highest BCUT2D eigenvalue weighted by Crippen LogP contribution is 2.27. The van der Waals surface area contributed by atoms with Gasteiger partial charge in [0, 0.05) is 48.4 Å².